The van der Waals surface area contributed by atoms with Crippen molar-refractivity contribution in [3.63, 3.8) is 0 Å². The lowest BCUT2D eigenvalue weighted by molar-refractivity contribution is 0.0274. The van der Waals surface area contributed by atoms with Crippen LogP contribution in [-0.4, -0.2) is 78.8 Å². The van der Waals surface area contributed by atoms with Crippen LogP contribution in [-0.2, 0) is 17.8 Å². The van der Waals surface area contributed by atoms with Gasteiger partial charge in [0.15, 0.2) is 0 Å². The number of carbonyl (C=O) groups is 1. The number of rotatable bonds is 4. The fourth-order valence-corrected chi connectivity index (χ4v) is 6.90. The van der Waals surface area contributed by atoms with Gasteiger partial charge >= 0.3 is 6.09 Å². The summed E-state index contributed by atoms with van der Waals surface area (Å²) in [6.07, 6.45) is -0.176. The molecule has 39 heavy (non-hydrogen) atoms. The Morgan fingerprint density at radius 3 is 1.64 bits per heavy atom. The molecule has 4 unspecified atom stereocenters. The first kappa shape index (κ1) is 28.7. The zero-order valence-electron chi connectivity index (χ0n) is 23.4. The molecule has 1 N–H and O–H groups in total. The highest BCUT2D eigenvalue weighted by molar-refractivity contribution is 6.31. The van der Waals surface area contributed by atoms with Gasteiger partial charge < -0.3 is 15.0 Å². The quantitative estimate of drug-likeness (QED) is 0.514. The molecule has 4 fully saturated rings. The Morgan fingerprint density at radius 2 is 1.21 bits per heavy atom. The molecule has 0 aliphatic carbocycles. The lowest BCUT2D eigenvalue weighted by Crippen LogP contribution is -2.37. The van der Waals surface area contributed by atoms with Gasteiger partial charge in [0.2, 0.25) is 0 Å². The SMILES string of the molecule is CC(C)(C)OC(=O)N1CC2CN(Cc3ccccc3Cl)CC2C1.Clc1ccccc1CN1CC2CNCC2C1. The number of amides is 1. The van der Waals surface area contributed by atoms with E-state index in [2.05, 4.69) is 33.3 Å². The van der Waals surface area contributed by atoms with E-state index in [1.165, 1.54) is 37.3 Å². The third-order valence-corrected chi connectivity index (χ3v) is 9.12. The Hall–Kier alpha value is -1.83. The van der Waals surface area contributed by atoms with Crippen LogP contribution >= 0.6 is 23.2 Å². The zero-order valence-corrected chi connectivity index (χ0v) is 24.9. The predicted octanol–water partition coefficient (Wildman–Crippen LogP) is 5.63. The minimum absolute atomic E-state index is 0.176. The predicted molar refractivity (Wildman–Crippen MR) is 158 cm³/mol. The van der Waals surface area contributed by atoms with Crippen molar-refractivity contribution in [2.75, 3.05) is 52.4 Å². The minimum Gasteiger partial charge on any atom is -0.444 e. The Labute approximate surface area is 243 Å². The fourth-order valence-electron chi connectivity index (χ4n) is 6.51. The summed E-state index contributed by atoms with van der Waals surface area (Å²) >= 11 is 12.4. The summed E-state index contributed by atoms with van der Waals surface area (Å²) in [5.41, 5.74) is 2.01. The van der Waals surface area contributed by atoms with Crippen molar-refractivity contribution < 1.29 is 9.53 Å². The second-order valence-electron chi connectivity index (χ2n) is 12.7. The highest BCUT2D eigenvalue weighted by atomic mass is 35.5. The molecule has 8 heteroatoms. The van der Waals surface area contributed by atoms with E-state index < -0.39 is 5.60 Å². The molecule has 4 aliphatic heterocycles. The maximum absolute atomic E-state index is 12.2. The van der Waals surface area contributed by atoms with Crippen LogP contribution in [0.25, 0.3) is 0 Å². The number of hydrogen-bond acceptors (Lipinski definition) is 5. The maximum Gasteiger partial charge on any atom is 0.410 e. The summed E-state index contributed by atoms with van der Waals surface area (Å²) in [5, 5.41) is 5.20. The molecule has 6 nitrogen and oxygen atoms in total. The van der Waals surface area contributed by atoms with Gasteiger partial charge in [0.05, 0.1) is 0 Å². The summed E-state index contributed by atoms with van der Waals surface area (Å²) in [6, 6.07) is 16.2. The van der Waals surface area contributed by atoms with Gasteiger partial charge in [-0.05, 0) is 80.8 Å². The Balaban J connectivity index is 0.000000168. The van der Waals surface area contributed by atoms with Gasteiger partial charge in [0.1, 0.15) is 5.60 Å². The van der Waals surface area contributed by atoms with E-state index in [-0.39, 0.29) is 6.09 Å². The number of benzene rings is 2. The van der Waals surface area contributed by atoms with Crippen molar-refractivity contribution in [3.8, 4) is 0 Å². The van der Waals surface area contributed by atoms with Crippen molar-refractivity contribution >= 4 is 29.3 Å². The number of nitrogens with zero attached hydrogens (tertiary/aromatic N) is 3. The van der Waals surface area contributed by atoms with E-state index in [1.54, 1.807) is 0 Å². The smallest absolute Gasteiger partial charge is 0.410 e. The molecule has 2 aromatic rings. The number of ether oxygens (including phenoxy) is 1. The number of halogens is 2. The normalized spacial score (nSPS) is 26.7. The molecular weight excluding hydrogens is 531 g/mol. The van der Waals surface area contributed by atoms with E-state index in [9.17, 15) is 4.79 Å². The topological polar surface area (TPSA) is 48.1 Å². The average Bonchev–Trinajstić information content (AvgIpc) is 3.62. The number of nitrogens with one attached hydrogen (secondary N) is 1. The van der Waals surface area contributed by atoms with Crippen molar-refractivity contribution in [2.45, 2.75) is 39.5 Å². The molecule has 1 amide bonds. The zero-order chi connectivity index (χ0) is 27.6. The van der Waals surface area contributed by atoms with Crippen LogP contribution in [0.4, 0.5) is 4.79 Å². The van der Waals surface area contributed by atoms with Crippen molar-refractivity contribution in [3.05, 3.63) is 69.7 Å². The van der Waals surface area contributed by atoms with Crippen LogP contribution in [0.15, 0.2) is 48.5 Å². The van der Waals surface area contributed by atoms with Gasteiger partial charge in [-0.25, -0.2) is 4.79 Å². The van der Waals surface area contributed by atoms with Gasteiger partial charge in [0.25, 0.3) is 0 Å². The first-order valence-electron chi connectivity index (χ1n) is 14.2. The van der Waals surface area contributed by atoms with Crippen molar-refractivity contribution in [2.24, 2.45) is 23.7 Å². The van der Waals surface area contributed by atoms with Gasteiger partial charge in [0, 0.05) is 62.4 Å². The Bertz CT molecular complexity index is 1110. The molecule has 2 aromatic carbocycles. The summed E-state index contributed by atoms with van der Waals surface area (Å²) in [6.45, 7) is 16.1. The molecule has 0 bridgehead atoms. The van der Waals surface area contributed by atoms with Crippen LogP contribution < -0.4 is 5.32 Å². The first-order valence-corrected chi connectivity index (χ1v) is 15.0. The Kier molecular flexibility index (Phi) is 9.09. The number of fused-ring (bicyclic) bond motifs is 2. The molecule has 4 saturated heterocycles. The van der Waals surface area contributed by atoms with E-state index in [1.807, 2.05) is 56.0 Å². The molecule has 0 spiro atoms. The molecule has 0 saturated carbocycles. The van der Waals surface area contributed by atoms with Crippen LogP contribution in [0, 0.1) is 23.7 Å². The van der Waals surface area contributed by atoms with E-state index in [0.29, 0.717) is 11.8 Å². The highest BCUT2D eigenvalue weighted by Crippen LogP contribution is 2.33. The molecule has 6 rings (SSSR count). The van der Waals surface area contributed by atoms with Crippen LogP contribution in [0.1, 0.15) is 31.9 Å². The van der Waals surface area contributed by atoms with E-state index >= 15 is 0 Å². The lowest BCUT2D eigenvalue weighted by atomic mass is 10.0. The first-order chi connectivity index (χ1) is 18.6. The van der Waals surface area contributed by atoms with Gasteiger partial charge in [-0.3, -0.25) is 9.80 Å². The summed E-state index contributed by atoms with van der Waals surface area (Å²) in [7, 11) is 0. The monoisotopic (exact) mass is 572 g/mol. The largest absolute Gasteiger partial charge is 0.444 e. The summed E-state index contributed by atoms with van der Waals surface area (Å²) < 4.78 is 5.48. The molecule has 4 heterocycles. The van der Waals surface area contributed by atoms with Gasteiger partial charge in [-0.2, -0.15) is 0 Å². The van der Waals surface area contributed by atoms with E-state index in [0.717, 1.165) is 61.1 Å². The maximum atomic E-state index is 12.2. The van der Waals surface area contributed by atoms with Gasteiger partial charge in [-0.15, -0.1) is 0 Å². The third-order valence-electron chi connectivity index (χ3n) is 8.38. The van der Waals surface area contributed by atoms with Crippen LogP contribution in [0.5, 0.6) is 0 Å². The average molecular weight is 574 g/mol. The standard InChI is InChI=1S/C18H25ClN2O2.C13H17ClN2/c1-18(2,3)23-17(22)21-11-14-9-20(10-15(14)12-21)8-13-6-4-5-7-16(13)19;14-13-4-2-1-3-10(13)7-16-8-11-5-15-6-12(11)9-16/h4-7,14-15H,8-12H2,1-3H3;1-4,11-12,15H,5-9H2. The van der Waals surface area contributed by atoms with Crippen molar-refractivity contribution in [1.82, 2.24) is 20.0 Å². The number of likely N-dealkylation sites (tertiary alicyclic amines) is 3. The number of carbonyl (C=O) groups excluding carboxylic acids is 1. The summed E-state index contributed by atoms with van der Waals surface area (Å²) in [5.74, 6) is 2.82. The summed E-state index contributed by atoms with van der Waals surface area (Å²) in [4.78, 5) is 19.0. The third kappa shape index (κ3) is 7.47. The van der Waals surface area contributed by atoms with Crippen LogP contribution in [0.2, 0.25) is 10.0 Å². The lowest BCUT2D eigenvalue weighted by Gasteiger charge is -2.26. The highest BCUT2D eigenvalue weighted by Gasteiger charge is 2.42. The molecular formula is C31H42Cl2N4O2. The van der Waals surface area contributed by atoms with Crippen LogP contribution in [0.3, 0.4) is 0 Å². The Morgan fingerprint density at radius 1 is 0.769 bits per heavy atom. The van der Waals surface area contributed by atoms with Gasteiger partial charge in [-0.1, -0.05) is 59.6 Å². The molecule has 4 aliphatic rings. The molecule has 0 radical (unpaired) electrons. The second-order valence-corrected chi connectivity index (χ2v) is 13.5. The molecule has 0 aromatic heterocycles. The molecule has 212 valence electrons. The second kappa shape index (κ2) is 12.4. The molecule has 4 atom stereocenters. The number of hydrogen-bond donors (Lipinski definition) is 1. The fraction of sp³-hybridized carbons (Fsp3) is 0.581. The van der Waals surface area contributed by atoms with Crippen molar-refractivity contribution in [1.29, 1.82) is 0 Å². The van der Waals surface area contributed by atoms with E-state index in [4.69, 9.17) is 27.9 Å². The minimum atomic E-state index is -0.426.